The van der Waals surface area contributed by atoms with Crippen molar-refractivity contribution >= 4 is 10.0 Å². The number of aromatic amines is 1. The number of piperazine rings is 1. The Morgan fingerprint density at radius 3 is 2.81 bits per heavy atom. The van der Waals surface area contributed by atoms with Crippen LogP contribution in [0.5, 0.6) is 0 Å². The van der Waals surface area contributed by atoms with Gasteiger partial charge in [-0.15, -0.1) is 0 Å². The quantitative estimate of drug-likeness (QED) is 0.785. The Bertz CT molecular complexity index is 557. The van der Waals surface area contributed by atoms with Crippen molar-refractivity contribution in [3.63, 3.8) is 0 Å². The smallest absolute Gasteiger partial charge is 0.260 e. The van der Waals surface area contributed by atoms with Gasteiger partial charge in [-0.2, -0.15) is 9.40 Å². The van der Waals surface area contributed by atoms with E-state index in [-0.39, 0.29) is 11.1 Å². The predicted octanol–water partition coefficient (Wildman–Crippen LogP) is 0.234. The van der Waals surface area contributed by atoms with Crippen molar-refractivity contribution in [1.29, 1.82) is 0 Å². The highest BCUT2D eigenvalue weighted by Crippen LogP contribution is 2.21. The van der Waals surface area contributed by atoms with Crippen LogP contribution in [0, 0.1) is 0 Å². The van der Waals surface area contributed by atoms with Crippen molar-refractivity contribution in [2.75, 3.05) is 32.7 Å². The van der Waals surface area contributed by atoms with E-state index in [1.807, 2.05) is 6.92 Å². The minimum absolute atomic E-state index is 0.223. The van der Waals surface area contributed by atoms with Gasteiger partial charge >= 0.3 is 0 Å². The third-order valence-electron chi connectivity index (χ3n) is 3.98. The van der Waals surface area contributed by atoms with E-state index < -0.39 is 10.0 Å². The van der Waals surface area contributed by atoms with Crippen molar-refractivity contribution in [1.82, 2.24) is 24.7 Å². The summed E-state index contributed by atoms with van der Waals surface area (Å²) >= 11 is 0. The fraction of sp³-hybridized carbons (Fsp3) is 0.769. The SMILES string of the molecule is CCNCc1cn[nH]c1S(=O)(=O)N1CCN(CC)C(C)C1. The van der Waals surface area contributed by atoms with Crippen LogP contribution >= 0.6 is 0 Å². The summed E-state index contributed by atoms with van der Waals surface area (Å²) in [6, 6.07) is 0.235. The fourth-order valence-corrected chi connectivity index (χ4v) is 4.30. The van der Waals surface area contributed by atoms with Gasteiger partial charge in [-0.05, 0) is 20.0 Å². The van der Waals surface area contributed by atoms with Gasteiger partial charge < -0.3 is 5.32 Å². The molecule has 21 heavy (non-hydrogen) atoms. The number of sulfonamides is 1. The number of nitrogens with zero attached hydrogens (tertiary/aromatic N) is 3. The minimum Gasteiger partial charge on any atom is -0.313 e. The average Bonchev–Trinajstić information content (AvgIpc) is 2.94. The van der Waals surface area contributed by atoms with Gasteiger partial charge in [0, 0.05) is 37.8 Å². The number of hydrogen-bond donors (Lipinski definition) is 2. The molecule has 0 aromatic carbocycles. The molecule has 1 atom stereocenters. The zero-order chi connectivity index (χ0) is 15.5. The van der Waals surface area contributed by atoms with Crippen LogP contribution in [0.1, 0.15) is 26.3 Å². The monoisotopic (exact) mass is 315 g/mol. The largest absolute Gasteiger partial charge is 0.313 e. The number of likely N-dealkylation sites (N-methyl/N-ethyl adjacent to an activating group) is 1. The lowest BCUT2D eigenvalue weighted by atomic mass is 10.2. The zero-order valence-electron chi connectivity index (χ0n) is 13.0. The molecular formula is C13H25N5O2S. The van der Waals surface area contributed by atoms with E-state index in [1.54, 1.807) is 10.5 Å². The highest BCUT2D eigenvalue weighted by Gasteiger charge is 2.33. The van der Waals surface area contributed by atoms with Gasteiger partial charge in [0.2, 0.25) is 0 Å². The topological polar surface area (TPSA) is 81.3 Å². The molecule has 1 unspecified atom stereocenters. The normalized spacial score (nSPS) is 21.8. The van der Waals surface area contributed by atoms with Gasteiger partial charge in [-0.1, -0.05) is 13.8 Å². The van der Waals surface area contributed by atoms with Crippen LogP contribution in [-0.4, -0.2) is 66.6 Å². The van der Waals surface area contributed by atoms with Crippen molar-refractivity contribution < 1.29 is 8.42 Å². The first-order valence-corrected chi connectivity index (χ1v) is 8.91. The van der Waals surface area contributed by atoms with E-state index >= 15 is 0 Å². The number of hydrogen-bond acceptors (Lipinski definition) is 5. The second kappa shape index (κ2) is 6.87. The first-order chi connectivity index (χ1) is 10.0. The molecule has 1 aliphatic heterocycles. The first kappa shape index (κ1) is 16.4. The molecule has 1 saturated heterocycles. The summed E-state index contributed by atoms with van der Waals surface area (Å²) < 4.78 is 27.1. The number of H-pyrrole nitrogens is 1. The molecule has 2 heterocycles. The number of aromatic nitrogens is 2. The molecule has 0 aliphatic carbocycles. The van der Waals surface area contributed by atoms with Gasteiger partial charge in [0.1, 0.15) is 0 Å². The second-order valence-electron chi connectivity index (χ2n) is 5.35. The highest BCUT2D eigenvalue weighted by atomic mass is 32.2. The van der Waals surface area contributed by atoms with E-state index in [0.29, 0.717) is 25.2 Å². The van der Waals surface area contributed by atoms with Gasteiger partial charge in [0.25, 0.3) is 10.0 Å². The Kier molecular flexibility index (Phi) is 5.37. The van der Waals surface area contributed by atoms with Crippen LogP contribution in [0.3, 0.4) is 0 Å². The van der Waals surface area contributed by atoms with Crippen LogP contribution in [-0.2, 0) is 16.6 Å². The third kappa shape index (κ3) is 3.45. The Balaban J connectivity index is 2.17. The summed E-state index contributed by atoms with van der Waals surface area (Å²) in [6.45, 7) is 10.2. The van der Waals surface area contributed by atoms with Crippen LogP contribution in [0.2, 0.25) is 0 Å². The summed E-state index contributed by atoms with van der Waals surface area (Å²) in [7, 11) is -3.50. The molecule has 0 bridgehead atoms. The van der Waals surface area contributed by atoms with Crippen molar-refractivity contribution in [2.45, 2.75) is 38.4 Å². The summed E-state index contributed by atoms with van der Waals surface area (Å²) in [5, 5.41) is 9.93. The molecule has 1 aliphatic rings. The second-order valence-corrected chi connectivity index (χ2v) is 7.22. The minimum atomic E-state index is -3.50. The molecule has 2 rings (SSSR count). The number of nitrogens with one attached hydrogen (secondary N) is 2. The zero-order valence-corrected chi connectivity index (χ0v) is 13.8. The van der Waals surface area contributed by atoms with Crippen molar-refractivity contribution in [2.24, 2.45) is 0 Å². The standard InChI is InChI=1S/C13H25N5O2S/c1-4-14-8-12-9-15-16-13(12)21(19,20)18-7-6-17(5-2)11(3)10-18/h9,11,14H,4-8,10H2,1-3H3,(H,15,16). The summed E-state index contributed by atoms with van der Waals surface area (Å²) in [4.78, 5) is 2.29. The van der Waals surface area contributed by atoms with Gasteiger partial charge in [0.15, 0.2) is 5.03 Å². The van der Waals surface area contributed by atoms with Gasteiger partial charge in [-0.25, -0.2) is 8.42 Å². The number of rotatable bonds is 6. The van der Waals surface area contributed by atoms with E-state index in [0.717, 1.165) is 19.6 Å². The van der Waals surface area contributed by atoms with Crippen LogP contribution < -0.4 is 5.32 Å². The van der Waals surface area contributed by atoms with Gasteiger partial charge in [-0.3, -0.25) is 10.00 Å². The van der Waals surface area contributed by atoms with Crippen LogP contribution in [0.15, 0.2) is 11.2 Å². The molecule has 2 N–H and O–H groups in total. The van der Waals surface area contributed by atoms with Crippen LogP contribution in [0.4, 0.5) is 0 Å². The Morgan fingerprint density at radius 1 is 1.43 bits per heavy atom. The van der Waals surface area contributed by atoms with E-state index in [4.69, 9.17) is 0 Å². The molecule has 7 nitrogen and oxygen atoms in total. The van der Waals surface area contributed by atoms with E-state index in [2.05, 4.69) is 34.3 Å². The molecule has 0 saturated carbocycles. The molecule has 120 valence electrons. The summed E-state index contributed by atoms with van der Waals surface area (Å²) in [5.41, 5.74) is 0.697. The highest BCUT2D eigenvalue weighted by molar-refractivity contribution is 7.89. The lowest BCUT2D eigenvalue weighted by Crippen LogP contribution is -2.53. The van der Waals surface area contributed by atoms with Crippen molar-refractivity contribution in [3.05, 3.63) is 11.8 Å². The fourth-order valence-electron chi connectivity index (χ4n) is 2.69. The molecule has 1 aromatic heterocycles. The summed E-state index contributed by atoms with van der Waals surface area (Å²) in [6.07, 6.45) is 1.58. The van der Waals surface area contributed by atoms with Gasteiger partial charge in [0.05, 0.1) is 6.20 Å². The Hall–Kier alpha value is -0.960. The molecular weight excluding hydrogens is 290 g/mol. The Morgan fingerprint density at radius 2 is 2.19 bits per heavy atom. The molecule has 1 aromatic rings. The maximum absolute atomic E-state index is 12.8. The maximum atomic E-state index is 12.8. The van der Waals surface area contributed by atoms with Crippen molar-refractivity contribution in [3.8, 4) is 0 Å². The van der Waals surface area contributed by atoms with Crippen LogP contribution in [0.25, 0.3) is 0 Å². The lowest BCUT2D eigenvalue weighted by Gasteiger charge is -2.38. The summed E-state index contributed by atoms with van der Waals surface area (Å²) in [5.74, 6) is 0. The molecule has 0 spiro atoms. The predicted molar refractivity (Wildman–Crippen MR) is 81.4 cm³/mol. The lowest BCUT2D eigenvalue weighted by molar-refractivity contribution is 0.135. The molecule has 8 heteroatoms. The third-order valence-corrected chi connectivity index (χ3v) is 5.86. The molecule has 1 fully saturated rings. The molecule has 0 amide bonds. The molecule has 0 radical (unpaired) electrons. The van der Waals surface area contributed by atoms with E-state index in [9.17, 15) is 8.42 Å². The Labute approximate surface area is 126 Å². The van der Waals surface area contributed by atoms with E-state index in [1.165, 1.54) is 0 Å². The average molecular weight is 315 g/mol. The first-order valence-electron chi connectivity index (χ1n) is 7.47. The maximum Gasteiger partial charge on any atom is 0.260 e.